The summed E-state index contributed by atoms with van der Waals surface area (Å²) in [6, 6.07) is 15.3. The number of aromatic nitrogens is 2. The molecule has 1 atom stereocenters. The average molecular weight is 457 g/mol. The largest absolute Gasteiger partial charge is 0.416 e. The number of alkyl halides is 3. The van der Waals surface area contributed by atoms with Gasteiger partial charge in [0.15, 0.2) is 0 Å². The van der Waals surface area contributed by atoms with Crippen molar-refractivity contribution in [1.82, 2.24) is 20.0 Å². The maximum Gasteiger partial charge on any atom is 0.416 e. The first-order valence-corrected chi connectivity index (χ1v) is 11.1. The summed E-state index contributed by atoms with van der Waals surface area (Å²) in [5.74, 6) is 0.0936. The fraction of sp³-hybridized carbons (Fsp3) is 0.360. The minimum Gasteiger partial charge on any atom is -0.352 e. The number of carbonyl (C=O) groups excluding carboxylic acids is 1. The van der Waals surface area contributed by atoms with Crippen LogP contribution in [0.2, 0.25) is 0 Å². The Hall–Kier alpha value is -3.13. The molecule has 1 saturated heterocycles. The highest BCUT2D eigenvalue weighted by molar-refractivity contribution is 5.95. The second kappa shape index (κ2) is 9.79. The van der Waals surface area contributed by atoms with Gasteiger partial charge in [-0.15, -0.1) is 0 Å². The lowest BCUT2D eigenvalue weighted by Gasteiger charge is -2.32. The minimum atomic E-state index is -4.44. The van der Waals surface area contributed by atoms with Crippen LogP contribution in [0.25, 0.3) is 5.69 Å². The molecule has 5 nitrogen and oxygen atoms in total. The second-order valence-electron chi connectivity index (χ2n) is 8.54. The maximum absolute atomic E-state index is 13.0. The molecule has 174 valence electrons. The van der Waals surface area contributed by atoms with Crippen molar-refractivity contribution in [1.29, 1.82) is 0 Å². The van der Waals surface area contributed by atoms with Crippen LogP contribution in [0.5, 0.6) is 0 Å². The van der Waals surface area contributed by atoms with Gasteiger partial charge in [0.25, 0.3) is 5.91 Å². The van der Waals surface area contributed by atoms with E-state index in [1.807, 2.05) is 18.2 Å². The summed E-state index contributed by atoms with van der Waals surface area (Å²) in [5, 5.41) is 7.16. The number of carbonyl (C=O) groups is 1. The zero-order chi connectivity index (χ0) is 23.4. The number of amides is 1. The van der Waals surface area contributed by atoms with Gasteiger partial charge < -0.3 is 5.32 Å². The molecule has 1 fully saturated rings. The molecule has 0 spiro atoms. The molecule has 1 unspecified atom stereocenters. The third-order valence-electron chi connectivity index (χ3n) is 6.08. The van der Waals surface area contributed by atoms with Gasteiger partial charge >= 0.3 is 6.18 Å². The lowest BCUT2D eigenvalue weighted by molar-refractivity contribution is -0.137. The number of benzene rings is 2. The van der Waals surface area contributed by atoms with Crippen LogP contribution in [-0.4, -0.2) is 40.2 Å². The molecular weight excluding hydrogens is 429 g/mol. The van der Waals surface area contributed by atoms with Crippen molar-refractivity contribution in [2.75, 3.05) is 19.6 Å². The van der Waals surface area contributed by atoms with E-state index in [0.29, 0.717) is 23.7 Å². The summed E-state index contributed by atoms with van der Waals surface area (Å²) >= 11 is 0. The molecule has 4 rings (SSSR count). The number of nitrogens with zero attached hydrogens (tertiary/aromatic N) is 3. The van der Waals surface area contributed by atoms with Crippen molar-refractivity contribution in [2.24, 2.45) is 5.92 Å². The van der Waals surface area contributed by atoms with Crippen molar-refractivity contribution in [2.45, 2.75) is 32.5 Å². The highest BCUT2D eigenvalue weighted by atomic mass is 19.4. The SMILES string of the molecule is Cc1c(C(=O)NCC2CCCN(Cc3ccccc3)C2)cnn1-c1cccc(C(F)(F)F)c1. The Kier molecular flexibility index (Phi) is 6.83. The Labute approximate surface area is 191 Å². The number of halogens is 3. The summed E-state index contributed by atoms with van der Waals surface area (Å²) in [4.78, 5) is 15.2. The molecule has 8 heteroatoms. The number of piperidine rings is 1. The third-order valence-corrected chi connectivity index (χ3v) is 6.08. The molecule has 3 aromatic rings. The molecule has 1 N–H and O–H groups in total. The Morgan fingerprint density at radius 1 is 1.15 bits per heavy atom. The van der Waals surface area contributed by atoms with E-state index in [1.165, 1.54) is 22.5 Å². The topological polar surface area (TPSA) is 50.2 Å². The first-order chi connectivity index (χ1) is 15.8. The predicted molar refractivity (Wildman–Crippen MR) is 120 cm³/mol. The van der Waals surface area contributed by atoms with Crippen molar-refractivity contribution in [3.05, 3.63) is 83.2 Å². The van der Waals surface area contributed by atoms with Crippen LogP contribution in [0.4, 0.5) is 13.2 Å². The normalized spacial score (nSPS) is 17.2. The van der Waals surface area contributed by atoms with E-state index in [4.69, 9.17) is 0 Å². The van der Waals surface area contributed by atoms with E-state index in [9.17, 15) is 18.0 Å². The van der Waals surface area contributed by atoms with E-state index in [-0.39, 0.29) is 11.6 Å². The Balaban J connectivity index is 1.37. The molecule has 0 aliphatic carbocycles. The first-order valence-electron chi connectivity index (χ1n) is 11.1. The fourth-order valence-corrected chi connectivity index (χ4v) is 4.34. The van der Waals surface area contributed by atoms with Gasteiger partial charge in [-0.05, 0) is 56.0 Å². The zero-order valence-corrected chi connectivity index (χ0v) is 18.5. The number of hydrogen-bond donors (Lipinski definition) is 1. The molecule has 33 heavy (non-hydrogen) atoms. The van der Waals surface area contributed by atoms with Crippen LogP contribution < -0.4 is 5.32 Å². The van der Waals surface area contributed by atoms with E-state index >= 15 is 0 Å². The number of nitrogens with one attached hydrogen (secondary N) is 1. The van der Waals surface area contributed by atoms with Gasteiger partial charge in [-0.2, -0.15) is 18.3 Å². The van der Waals surface area contributed by atoms with Gasteiger partial charge in [0, 0.05) is 19.6 Å². The lowest BCUT2D eigenvalue weighted by atomic mass is 9.97. The van der Waals surface area contributed by atoms with Gasteiger partial charge in [0.2, 0.25) is 0 Å². The van der Waals surface area contributed by atoms with Gasteiger partial charge in [0.05, 0.1) is 28.7 Å². The molecule has 1 amide bonds. The molecule has 1 aliphatic heterocycles. The van der Waals surface area contributed by atoms with E-state index < -0.39 is 11.7 Å². The number of rotatable bonds is 6. The van der Waals surface area contributed by atoms with E-state index in [0.717, 1.165) is 44.6 Å². The quantitative estimate of drug-likeness (QED) is 0.578. The average Bonchev–Trinajstić information content (AvgIpc) is 3.19. The van der Waals surface area contributed by atoms with Gasteiger partial charge in [-0.1, -0.05) is 36.4 Å². The van der Waals surface area contributed by atoms with Crippen molar-refractivity contribution < 1.29 is 18.0 Å². The minimum absolute atomic E-state index is 0.258. The molecule has 0 radical (unpaired) electrons. The smallest absolute Gasteiger partial charge is 0.352 e. The molecule has 0 saturated carbocycles. The summed E-state index contributed by atoms with van der Waals surface area (Å²) < 4.78 is 40.5. The highest BCUT2D eigenvalue weighted by Gasteiger charge is 2.31. The van der Waals surface area contributed by atoms with E-state index in [1.54, 1.807) is 13.0 Å². The zero-order valence-electron chi connectivity index (χ0n) is 18.5. The van der Waals surface area contributed by atoms with Crippen LogP contribution in [0.3, 0.4) is 0 Å². The Morgan fingerprint density at radius 3 is 2.70 bits per heavy atom. The monoisotopic (exact) mass is 456 g/mol. The molecule has 1 aromatic heterocycles. The molecule has 0 bridgehead atoms. The molecule has 2 aromatic carbocycles. The molecule has 1 aliphatic rings. The maximum atomic E-state index is 13.0. The summed E-state index contributed by atoms with van der Waals surface area (Å²) in [5.41, 5.74) is 1.66. The van der Waals surface area contributed by atoms with Crippen LogP contribution in [0, 0.1) is 12.8 Å². The van der Waals surface area contributed by atoms with Gasteiger partial charge in [-0.3, -0.25) is 9.69 Å². The Bertz CT molecular complexity index is 1090. The molecule has 2 heterocycles. The van der Waals surface area contributed by atoms with Crippen LogP contribution in [-0.2, 0) is 12.7 Å². The Morgan fingerprint density at radius 2 is 1.94 bits per heavy atom. The standard InChI is InChI=1S/C25H27F3N4O/c1-18-23(15-30-32(18)22-11-5-10-21(13-22)25(26,27)28)24(33)29-14-20-9-6-12-31(17-20)16-19-7-3-2-4-8-19/h2-5,7-8,10-11,13,15,20H,6,9,12,14,16-17H2,1H3,(H,29,33). The second-order valence-corrected chi connectivity index (χ2v) is 8.54. The van der Waals surface area contributed by atoms with Crippen molar-refractivity contribution in [3.63, 3.8) is 0 Å². The fourth-order valence-electron chi connectivity index (χ4n) is 4.34. The predicted octanol–water partition coefficient (Wildman–Crippen LogP) is 4.84. The third kappa shape index (κ3) is 5.63. The van der Waals surface area contributed by atoms with Crippen LogP contribution in [0.1, 0.15) is 40.0 Å². The number of likely N-dealkylation sites (tertiary alicyclic amines) is 1. The lowest BCUT2D eigenvalue weighted by Crippen LogP contribution is -2.40. The summed E-state index contributed by atoms with van der Waals surface area (Å²) in [7, 11) is 0. The van der Waals surface area contributed by atoms with Gasteiger partial charge in [-0.25, -0.2) is 4.68 Å². The summed E-state index contributed by atoms with van der Waals surface area (Å²) in [6.07, 6.45) is -0.896. The number of hydrogen-bond acceptors (Lipinski definition) is 3. The first kappa shape index (κ1) is 23.0. The van der Waals surface area contributed by atoms with Crippen molar-refractivity contribution >= 4 is 5.91 Å². The van der Waals surface area contributed by atoms with Crippen LogP contribution >= 0.6 is 0 Å². The molecular formula is C25H27F3N4O. The summed E-state index contributed by atoms with van der Waals surface area (Å²) in [6.45, 7) is 5.09. The van der Waals surface area contributed by atoms with Gasteiger partial charge in [0.1, 0.15) is 0 Å². The van der Waals surface area contributed by atoms with Crippen molar-refractivity contribution in [3.8, 4) is 5.69 Å². The highest BCUT2D eigenvalue weighted by Crippen LogP contribution is 2.30. The van der Waals surface area contributed by atoms with Crippen LogP contribution in [0.15, 0.2) is 60.8 Å². The van der Waals surface area contributed by atoms with E-state index in [2.05, 4.69) is 27.4 Å².